The maximum absolute atomic E-state index is 8.80. The molecule has 0 radical (unpaired) electrons. The van der Waals surface area contributed by atoms with Crippen LogP contribution in [0.1, 0.15) is 20.3 Å². The highest BCUT2D eigenvalue weighted by Gasteiger charge is 2.25. The molecule has 6 heteroatoms. The van der Waals surface area contributed by atoms with Gasteiger partial charge in [-0.05, 0) is 13.3 Å². The van der Waals surface area contributed by atoms with Gasteiger partial charge in [0, 0.05) is 26.8 Å². The lowest BCUT2D eigenvalue weighted by molar-refractivity contribution is 0.0615. The van der Waals surface area contributed by atoms with E-state index in [2.05, 4.69) is 10.1 Å². The van der Waals surface area contributed by atoms with Crippen LogP contribution in [0.25, 0.3) is 0 Å². The monoisotopic (exact) mass is 247 g/mol. The van der Waals surface area contributed by atoms with Crippen LogP contribution >= 0.6 is 0 Å². The first kappa shape index (κ1) is 16.1. The number of hydrogen-bond donors (Lipinski definition) is 2. The molecule has 0 aliphatic carbocycles. The Kier molecular flexibility index (Phi) is 8.75. The van der Waals surface area contributed by atoms with Crippen LogP contribution in [-0.2, 0) is 9.47 Å². The highest BCUT2D eigenvalue weighted by atomic mass is 16.5. The molecular formula is C11H25N3O3. The van der Waals surface area contributed by atoms with Gasteiger partial charge in [0.05, 0.1) is 19.3 Å². The van der Waals surface area contributed by atoms with Gasteiger partial charge >= 0.3 is 0 Å². The average Bonchev–Trinajstić information content (AvgIpc) is 2.33. The van der Waals surface area contributed by atoms with E-state index in [1.165, 1.54) is 0 Å². The second kappa shape index (κ2) is 9.21. The van der Waals surface area contributed by atoms with Gasteiger partial charge in [-0.25, -0.2) is 0 Å². The molecular weight excluding hydrogens is 222 g/mol. The largest absolute Gasteiger partial charge is 0.409 e. The Hall–Kier alpha value is -0.850. The first-order valence-corrected chi connectivity index (χ1v) is 5.83. The number of rotatable bonds is 9. The number of hydrogen-bond acceptors (Lipinski definition) is 5. The Bertz CT molecular complexity index is 224. The summed E-state index contributed by atoms with van der Waals surface area (Å²) < 4.78 is 10.2. The number of ether oxygens (including phenoxy) is 2. The van der Waals surface area contributed by atoms with E-state index in [1.807, 2.05) is 13.8 Å². The molecule has 0 aromatic rings. The minimum absolute atomic E-state index is 0.0969. The van der Waals surface area contributed by atoms with Gasteiger partial charge in [-0.1, -0.05) is 12.1 Å². The van der Waals surface area contributed by atoms with Crippen molar-refractivity contribution in [2.24, 2.45) is 10.9 Å². The van der Waals surface area contributed by atoms with E-state index in [4.69, 9.17) is 20.4 Å². The van der Waals surface area contributed by atoms with E-state index < -0.39 is 0 Å². The zero-order valence-electron chi connectivity index (χ0n) is 11.2. The van der Waals surface area contributed by atoms with Crippen molar-refractivity contribution in [1.82, 2.24) is 4.90 Å². The van der Waals surface area contributed by atoms with E-state index >= 15 is 0 Å². The molecule has 0 rings (SSSR count). The molecule has 0 bridgehead atoms. The quantitative estimate of drug-likeness (QED) is 0.268. The van der Waals surface area contributed by atoms with Gasteiger partial charge in [0.15, 0.2) is 5.84 Å². The number of nitrogens with zero attached hydrogens (tertiary/aromatic N) is 2. The standard InChI is InChI=1S/C11H25N3O3/c1-5-10(11(12)13-15)14(6-7-16-3)9(2)8-17-4/h9-10,15H,5-8H2,1-4H3,(H2,12,13). The Balaban J connectivity index is 4.72. The van der Waals surface area contributed by atoms with Gasteiger partial charge in [-0.3, -0.25) is 4.90 Å². The Morgan fingerprint density at radius 3 is 2.47 bits per heavy atom. The summed E-state index contributed by atoms with van der Waals surface area (Å²) in [6.45, 7) is 5.96. The van der Waals surface area contributed by atoms with Gasteiger partial charge in [-0.2, -0.15) is 0 Å². The Morgan fingerprint density at radius 1 is 1.41 bits per heavy atom. The van der Waals surface area contributed by atoms with Gasteiger partial charge < -0.3 is 20.4 Å². The Morgan fingerprint density at radius 2 is 2.06 bits per heavy atom. The normalized spacial score (nSPS) is 16.2. The van der Waals surface area contributed by atoms with Gasteiger partial charge in [0.25, 0.3) is 0 Å². The summed E-state index contributed by atoms with van der Waals surface area (Å²) in [5.41, 5.74) is 5.71. The van der Waals surface area contributed by atoms with Crippen LogP contribution in [-0.4, -0.2) is 62.0 Å². The summed E-state index contributed by atoms with van der Waals surface area (Å²) in [6, 6.07) is 0.0840. The molecule has 6 nitrogen and oxygen atoms in total. The summed E-state index contributed by atoms with van der Waals surface area (Å²) in [4.78, 5) is 2.13. The first-order chi connectivity index (χ1) is 8.12. The van der Waals surface area contributed by atoms with Crippen molar-refractivity contribution in [2.45, 2.75) is 32.4 Å². The van der Waals surface area contributed by atoms with Gasteiger partial charge in [0.1, 0.15) is 0 Å². The van der Waals surface area contributed by atoms with Crippen LogP contribution in [0.15, 0.2) is 5.16 Å². The second-order valence-electron chi connectivity index (χ2n) is 3.98. The molecule has 0 aliphatic heterocycles. The minimum atomic E-state index is -0.0969. The van der Waals surface area contributed by atoms with Crippen molar-refractivity contribution in [3.8, 4) is 0 Å². The molecule has 0 saturated carbocycles. The van der Waals surface area contributed by atoms with Gasteiger partial charge in [-0.15, -0.1) is 0 Å². The highest BCUT2D eigenvalue weighted by Crippen LogP contribution is 2.10. The molecule has 0 amide bonds. The van der Waals surface area contributed by atoms with Crippen LogP contribution in [0.5, 0.6) is 0 Å². The van der Waals surface area contributed by atoms with Crippen molar-refractivity contribution in [2.75, 3.05) is 34.0 Å². The molecule has 0 heterocycles. The van der Waals surface area contributed by atoms with Crippen molar-refractivity contribution in [3.05, 3.63) is 0 Å². The van der Waals surface area contributed by atoms with E-state index in [1.54, 1.807) is 14.2 Å². The summed E-state index contributed by atoms with van der Waals surface area (Å²) in [5.74, 6) is 0.228. The maximum atomic E-state index is 8.80. The number of oxime groups is 1. The number of nitrogens with two attached hydrogens (primary N) is 1. The van der Waals surface area contributed by atoms with Crippen LogP contribution in [0, 0.1) is 0 Å². The molecule has 0 fully saturated rings. The van der Waals surface area contributed by atoms with E-state index in [0.717, 1.165) is 13.0 Å². The topological polar surface area (TPSA) is 80.3 Å². The summed E-state index contributed by atoms with van der Waals surface area (Å²) in [5, 5.41) is 11.9. The molecule has 102 valence electrons. The maximum Gasteiger partial charge on any atom is 0.156 e. The lowest BCUT2D eigenvalue weighted by atomic mass is 10.1. The van der Waals surface area contributed by atoms with Crippen molar-refractivity contribution in [3.63, 3.8) is 0 Å². The van der Waals surface area contributed by atoms with Crippen molar-refractivity contribution >= 4 is 5.84 Å². The molecule has 0 spiro atoms. The predicted octanol–water partition coefficient (Wildman–Crippen LogP) is 0.495. The van der Waals surface area contributed by atoms with Crippen molar-refractivity contribution < 1.29 is 14.7 Å². The minimum Gasteiger partial charge on any atom is -0.409 e. The first-order valence-electron chi connectivity index (χ1n) is 5.83. The fourth-order valence-electron chi connectivity index (χ4n) is 1.90. The molecule has 2 unspecified atom stereocenters. The molecule has 3 N–H and O–H groups in total. The van der Waals surface area contributed by atoms with Crippen LogP contribution < -0.4 is 5.73 Å². The third-order valence-electron chi connectivity index (χ3n) is 2.77. The number of methoxy groups -OCH3 is 2. The summed E-state index contributed by atoms with van der Waals surface area (Å²) in [7, 11) is 3.32. The van der Waals surface area contributed by atoms with Crippen LogP contribution in [0.4, 0.5) is 0 Å². The summed E-state index contributed by atoms with van der Waals surface area (Å²) >= 11 is 0. The third-order valence-corrected chi connectivity index (χ3v) is 2.77. The molecule has 2 atom stereocenters. The van der Waals surface area contributed by atoms with Crippen LogP contribution in [0.3, 0.4) is 0 Å². The molecule has 0 aromatic carbocycles. The van der Waals surface area contributed by atoms with Crippen LogP contribution in [0.2, 0.25) is 0 Å². The molecule has 17 heavy (non-hydrogen) atoms. The molecule has 0 aliphatic rings. The molecule has 0 aromatic heterocycles. The predicted molar refractivity (Wildman–Crippen MR) is 67.4 cm³/mol. The van der Waals surface area contributed by atoms with E-state index in [0.29, 0.717) is 13.2 Å². The van der Waals surface area contributed by atoms with E-state index in [9.17, 15) is 0 Å². The van der Waals surface area contributed by atoms with Gasteiger partial charge in [0.2, 0.25) is 0 Å². The molecule has 0 saturated heterocycles. The zero-order chi connectivity index (χ0) is 13.3. The Labute approximate surface area is 103 Å². The average molecular weight is 247 g/mol. The van der Waals surface area contributed by atoms with Crippen molar-refractivity contribution in [1.29, 1.82) is 0 Å². The SMILES string of the molecule is CCC(C(N)=NO)N(CCOC)C(C)COC. The fraction of sp³-hybridized carbons (Fsp3) is 0.909. The highest BCUT2D eigenvalue weighted by molar-refractivity contribution is 5.85. The third kappa shape index (κ3) is 5.34. The zero-order valence-corrected chi connectivity index (χ0v) is 11.2. The fourth-order valence-corrected chi connectivity index (χ4v) is 1.90. The number of amidine groups is 1. The smallest absolute Gasteiger partial charge is 0.156 e. The summed E-state index contributed by atoms with van der Waals surface area (Å²) in [6.07, 6.45) is 0.771. The van der Waals surface area contributed by atoms with E-state index in [-0.39, 0.29) is 17.9 Å². The second-order valence-corrected chi connectivity index (χ2v) is 3.98. The lowest BCUT2D eigenvalue weighted by Gasteiger charge is -2.34. The lowest BCUT2D eigenvalue weighted by Crippen LogP contribution is -2.51.